The van der Waals surface area contributed by atoms with Crippen molar-refractivity contribution in [2.24, 2.45) is 0 Å². The lowest BCUT2D eigenvalue weighted by Crippen LogP contribution is -2.20. The quantitative estimate of drug-likeness (QED) is 0.612. The molecule has 0 bridgehead atoms. The van der Waals surface area contributed by atoms with Gasteiger partial charge < -0.3 is 9.80 Å². The maximum Gasteiger partial charge on any atom is 0.0261 e. The Morgan fingerprint density at radius 3 is 2.21 bits per heavy atom. The molecule has 78 valence electrons. The third-order valence-electron chi connectivity index (χ3n) is 3.09. The van der Waals surface area contributed by atoms with Crippen LogP contribution in [-0.2, 0) is 0 Å². The van der Waals surface area contributed by atoms with Crippen LogP contribution in [0.2, 0.25) is 0 Å². The SMILES string of the molecule is C(#CN1CCCC1)CCN1CCCC1. The van der Waals surface area contributed by atoms with E-state index < -0.39 is 0 Å². The van der Waals surface area contributed by atoms with Gasteiger partial charge in [0.15, 0.2) is 0 Å². The first-order valence-corrected chi connectivity index (χ1v) is 5.91. The largest absolute Gasteiger partial charge is 0.333 e. The first-order valence-electron chi connectivity index (χ1n) is 5.91. The molecule has 2 heterocycles. The predicted octanol–water partition coefficient (Wildman–Crippen LogP) is 1.53. The van der Waals surface area contributed by atoms with Crippen molar-refractivity contribution in [3.8, 4) is 12.0 Å². The van der Waals surface area contributed by atoms with E-state index in [1.807, 2.05) is 0 Å². The zero-order valence-electron chi connectivity index (χ0n) is 8.97. The minimum absolute atomic E-state index is 1.05. The van der Waals surface area contributed by atoms with E-state index in [0.717, 1.165) is 6.42 Å². The second-order valence-corrected chi connectivity index (χ2v) is 4.28. The highest BCUT2D eigenvalue weighted by molar-refractivity contribution is 5.00. The molecule has 0 unspecified atom stereocenters. The molecule has 0 saturated carbocycles. The van der Waals surface area contributed by atoms with Gasteiger partial charge in [-0.15, -0.1) is 0 Å². The molecule has 2 saturated heterocycles. The van der Waals surface area contributed by atoms with Gasteiger partial charge in [-0.3, -0.25) is 0 Å². The molecule has 2 fully saturated rings. The van der Waals surface area contributed by atoms with Gasteiger partial charge >= 0.3 is 0 Å². The average molecular weight is 192 g/mol. The van der Waals surface area contributed by atoms with Crippen molar-refractivity contribution in [3.63, 3.8) is 0 Å². The van der Waals surface area contributed by atoms with Crippen molar-refractivity contribution in [1.82, 2.24) is 9.80 Å². The summed E-state index contributed by atoms with van der Waals surface area (Å²) in [5, 5.41) is 0. The fourth-order valence-electron chi connectivity index (χ4n) is 2.22. The first kappa shape index (κ1) is 9.86. The van der Waals surface area contributed by atoms with Crippen molar-refractivity contribution in [2.45, 2.75) is 32.1 Å². The summed E-state index contributed by atoms with van der Waals surface area (Å²) in [6.07, 6.45) is 6.50. The van der Waals surface area contributed by atoms with Gasteiger partial charge in [0.2, 0.25) is 0 Å². The number of rotatable bonds is 2. The molecule has 2 heteroatoms. The Kier molecular flexibility index (Phi) is 3.71. The fourth-order valence-corrected chi connectivity index (χ4v) is 2.22. The Balaban J connectivity index is 1.60. The smallest absolute Gasteiger partial charge is 0.0261 e. The number of nitrogens with zero attached hydrogens (tertiary/aromatic N) is 2. The van der Waals surface area contributed by atoms with Gasteiger partial charge in [-0.1, -0.05) is 5.92 Å². The Bertz CT molecular complexity index is 214. The van der Waals surface area contributed by atoms with Gasteiger partial charge in [0.1, 0.15) is 0 Å². The molecule has 2 rings (SSSR count). The summed E-state index contributed by atoms with van der Waals surface area (Å²) in [5.74, 6) is 3.29. The van der Waals surface area contributed by atoms with Gasteiger partial charge in [-0.25, -0.2) is 0 Å². The lowest BCUT2D eigenvalue weighted by Gasteiger charge is -2.11. The molecule has 0 aromatic rings. The maximum atomic E-state index is 3.29. The highest BCUT2D eigenvalue weighted by atomic mass is 15.1. The average Bonchev–Trinajstić information content (AvgIpc) is 2.86. The Morgan fingerprint density at radius 1 is 0.857 bits per heavy atom. The fraction of sp³-hybridized carbons (Fsp3) is 0.833. The summed E-state index contributed by atoms with van der Waals surface area (Å²) in [4.78, 5) is 4.79. The highest BCUT2D eigenvalue weighted by Gasteiger charge is 2.09. The van der Waals surface area contributed by atoms with E-state index in [1.165, 1.54) is 58.4 Å². The Hall–Kier alpha value is -0.680. The maximum absolute atomic E-state index is 3.29. The van der Waals surface area contributed by atoms with Crippen LogP contribution in [0.25, 0.3) is 0 Å². The van der Waals surface area contributed by atoms with Gasteiger partial charge in [-0.2, -0.15) is 0 Å². The van der Waals surface area contributed by atoms with Crippen LogP contribution in [0.4, 0.5) is 0 Å². The van der Waals surface area contributed by atoms with Crippen molar-refractivity contribution in [2.75, 3.05) is 32.7 Å². The molecule has 0 amide bonds. The molecule has 0 atom stereocenters. The van der Waals surface area contributed by atoms with Crippen LogP contribution in [0.5, 0.6) is 0 Å². The van der Waals surface area contributed by atoms with Crippen LogP contribution in [0.1, 0.15) is 32.1 Å². The lowest BCUT2D eigenvalue weighted by molar-refractivity contribution is 0.347. The molecular weight excluding hydrogens is 172 g/mol. The summed E-state index contributed by atoms with van der Waals surface area (Å²) >= 11 is 0. The van der Waals surface area contributed by atoms with Crippen LogP contribution in [0, 0.1) is 12.0 Å². The normalized spacial score (nSPS) is 22.4. The van der Waals surface area contributed by atoms with Gasteiger partial charge in [-0.05, 0) is 38.8 Å². The van der Waals surface area contributed by atoms with Gasteiger partial charge in [0, 0.05) is 32.1 Å². The van der Waals surface area contributed by atoms with Crippen LogP contribution in [-0.4, -0.2) is 42.5 Å². The zero-order valence-corrected chi connectivity index (χ0v) is 8.97. The molecule has 0 radical (unpaired) electrons. The summed E-state index contributed by atoms with van der Waals surface area (Å²) < 4.78 is 0. The second kappa shape index (κ2) is 5.26. The number of hydrogen-bond donors (Lipinski definition) is 0. The number of hydrogen-bond acceptors (Lipinski definition) is 2. The summed E-state index contributed by atoms with van der Waals surface area (Å²) in [6.45, 7) is 6.16. The number of likely N-dealkylation sites (tertiary alicyclic amines) is 2. The van der Waals surface area contributed by atoms with E-state index in [9.17, 15) is 0 Å². The topological polar surface area (TPSA) is 6.48 Å². The third kappa shape index (κ3) is 2.92. The van der Waals surface area contributed by atoms with Crippen LogP contribution < -0.4 is 0 Å². The monoisotopic (exact) mass is 192 g/mol. The summed E-state index contributed by atoms with van der Waals surface area (Å²) in [5.41, 5.74) is 0. The molecule has 2 nitrogen and oxygen atoms in total. The first-order chi connectivity index (χ1) is 6.95. The molecule has 0 N–H and O–H groups in total. The zero-order chi connectivity index (χ0) is 9.64. The standard InChI is InChI=1S/C12H20N2/c1-2-8-13(7-1)11-5-6-12-14-9-3-4-10-14/h1-5,7-11H2. The summed E-state index contributed by atoms with van der Waals surface area (Å²) in [6, 6.07) is 3.26. The van der Waals surface area contributed by atoms with E-state index in [-0.39, 0.29) is 0 Å². The van der Waals surface area contributed by atoms with Gasteiger partial charge in [0.05, 0.1) is 0 Å². The highest BCUT2D eigenvalue weighted by Crippen LogP contribution is 2.07. The lowest BCUT2D eigenvalue weighted by atomic mass is 10.4. The second-order valence-electron chi connectivity index (χ2n) is 4.28. The summed E-state index contributed by atoms with van der Waals surface area (Å²) in [7, 11) is 0. The molecule has 2 aliphatic heterocycles. The van der Waals surface area contributed by atoms with E-state index in [1.54, 1.807) is 0 Å². The molecular formula is C12H20N2. The minimum Gasteiger partial charge on any atom is -0.333 e. The molecule has 0 spiro atoms. The van der Waals surface area contributed by atoms with E-state index in [2.05, 4.69) is 21.8 Å². The molecule has 2 aliphatic rings. The van der Waals surface area contributed by atoms with Crippen molar-refractivity contribution in [3.05, 3.63) is 0 Å². The van der Waals surface area contributed by atoms with Crippen LogP contribution in [0.15, 0.2) is 0 Å². The van der Waals surface area contributed by atoms with Crippen LogP contribution >= 0.6 is 0 Å². The van der Waals surface area contributed by atoms with Crippen molar-refractivity contribution >= 4 is 0 Å². The Labute approximate surface area is 87.3 Å². The minimum atomic E-state index is 1.05. The van der Waals surface area contributed by atoms with Crippen LogP contribution in [0.3, 0.4) is 0 Å². The van der Waals surface area contributed by atoms with E-state index in [0.29, 0.717) is 0 Å². The van der Waals surface area contributed by atoms with E-state index >= 15 is 0 Å². The molecule has 0 aliphatic carbocycles. The predicted molar refractivity (Wildman–Crippen MR) is 58.9 cm³/mol. The van der Waals surface area contributed by atoms with Crippen molar-refractivity contribution in [1.29, 1.82) is 0 Å². The Morgan fingerprint density at radius 2 is 1.50 bits per heavy atom. The third-order valence-corrected chi connectivity index (χ3v) is 3.09. The van der Waals surface area contributed by atoms with E-state index in [4.69, 9.17) is 0 Å². The van der Waals surface area contributed by atoms with Crippen molar-refractivity contribution < 1.29 is 0 Å². The molecule has 0 aromatic carbocycles. The van der Waals surface area contributed by atoms with Gasteiger partial charge in [0.25, 0.3) is 0 Å². The molecule has 14 heavy (non-hydrogen) atoms. The molecule has 0 aromatic heterocycles.